The Labute approximate surface area is 214 Å². The molecule has 37 heavy (non-hydrogen) atoms. The van der Waals surface area contributed by atoms with Crippen LogP contribution in [0.2, 0.25) is 0 Å². The molecule has 0 radical (unpaired) electrons. The van der Waals surface area contributed by atoms with Crippen LogP contribution in [0, 0.1) is 6.92 Å². The fourth-order valence-corrected chi connectivity index (χ4v) is 4.70. The van der Waals surface area contributed by atoms with Crippen molar-refractivity contribution in [3.8, 4) is 5.69 Å². The number of nitrogens with one attached hydrogen (secondary N) is 1. The number of aryl methyl sites for hydroxylation is 1. The Kier molecular flexibility index (Phi) is 8.48. The van der Waals surface area contributed by atoms with E-state index in [1.807, 2.05) is 37.4 Å². The summed E-state index contributed by atoms with van der Waals surface area (Å²) >= 11 is 0. The molecule has 3 aromatic rings. The number of carboxylic acids is 1. The third kappa shape index (κ3) is 7.09. The van der Waals surface area contributed by atoms with E-state index < -0.39 is 17.7 Å². The highest BCUT2D eigenvalue weighted by molar-refractivity contribution is 5.66. The minimum absolute atomic E-state index is 0.0724. The first kappa shape index (κ1) is 26.7. The Morgan fingerprint density at radius 2 is 1.95 bits per heavy atom. The van der Waals surface area contributed by atoms with Gasteiger partial charge in [-0.05, 0) is 54.7 Å². The lowest BCUT2D eigenvalue weighted by atomic mass is 9.93. The second-order valence-electron chi connectivity index (χ2n) is 9.55. The van der Waals surface area contributed by atoms with Gasteiger partial charge < -0.3 is 15.3 Å². The van der Waals surface area contributed by atoms with Crippen molar-refractivity contribution < 1.29 is 23.1 Å². The van der Waals surface area contributed by atoms with E-state index >= 15 is 0 Å². The Balaban J connectivity index is 1.50. The van der Waals surface area contributed by atoms with Crippen LogP contribution in [0.3, 0.4) is 0 Å². The van der Waals surface area contributed by atoms with Crippen LogP contribution in [-0.2, 0) is 24.1 Å². The second-order valence-corrected chi connectivity index (χ2v) is 9.55. The van der Waals surface area contributed by atoms with Gasteiger partial charge in [-0.1, -0.05) is 31.4 Å². The van der Waals surface area contributed by atoms with Crippen molar-refractivity contribution >= 4 is 11.8 Å². The van der Waals surface area contributed by atoms with Gasteiger partial charge in [-0.3, -0.25) is 4.79 Å². The number of anilines is 1. The van der Waals surface area contributed by atoms with Gasteiger partial charge in [0.15, 0.2) is 0 Å². The van der Waals surface area contributed by atoms with Gasteiger partial charge in [0.1, 0.15) is 5.82 Å². The summed E-state index contributed by atoms with van der Waals surface area (Å²) in [4.78, 5) is 17.7. The van der Waals surface area contributed by atoms with Crippen LogP contribution in [-0.4, -0.2) is 38.4 Å². The summed E-state index contributed by atoms with van der Waals surface area (Å²) in [6.07, 6.45) is 5.07. The van der Waals surface area contributed by atoms with Gasteiger partial charge >= 0.3 is 12.1 Å². The molecule has 7 nitrogen and oxygen atoms in total. The van der Waals surface area contributed by atoms with Crippen LogP contribution in [0.4, 0.5) is 19.0 Å². The van der Waals surface area contributed by atoms with Crippen molar-refractivity contribution in [3.05, 3.63) is 71.2 Å². The van der Waals surface area contributed by atoms with Crippen molar-refractivity contribution in [2.75, 3.05) is 11.4 Å². The summed E-state index contributed by atoms with van der Waals surface area (Å²) in [6.45, 7) is 3.56. The van der Waals surface area contributed by atoms with Crippen LogP contribution in [0.5, 0.6) is 0 Å². The lowest BCUT2D eigenvalue weighted by Crippen LogP contribution is -2.37. The average molecular weight is 516 g/mol. The maximum Gasteiger partial charge on any atom is 0.419 e. The number of hydrogen-bond acceptors (Lipinski definition) is 5. The average Bonchev–Trinajstić information content (AvgIpc) is 3.38. The maximum atomic E-state index is 13.0. The van der Waals surface area contributed by atoms with Crippen molar-refractivity contribution in [1.82, 2.24) is 20.1 Å². The molecular weight excluding hydrogens is 483 g/mol. The highest BCUT2D eigenvalue weighted by Crippen LogP contribution is 2.31. The lowest BCUT2D eigenvalue weighted by molar-refractivity contribution is -0.138. The first-order chi connectivity index (χ1) is 17.7. The number of nitrogens with zero attached hydrogens (tertiary/aromatic N) is 4. The standard InChI is InChI=1S/C27H32F3N5O2/c1-19-13-24(35-18-22(16-33-35)27(28,29)30)9-8-21(19)17-34(23-5-3-2-4-6-23)25-10-7-20(15-32-25)14-31-12-11-26(36)37/h7-10,13,15-16,18,23,31H,2-6,11-12,14,17H2,1H3,(H,36,37). The summed E-state index contributed by atoms with van der Waals surface area (Å²) in [7, 11) is 0. The number of rotatable bonds is 10. The molecule has 2 heterocycles. The maximum absolute atomic E-state index is 13.0. The molecule has 198 valence electrons. The molecule has 1 aromatic carbocycles. The second kappa shape index (κ2) is 11.8. The first-order valence-corrected chi connectivity index (χ1v) is 12.6. The first-order valence-electron chi connectivity index (χ1n) is 12.6. The largest absolute Gasteiger partial charge is 0.481 e. The van der Waals surface area contributed by atoms with Crippen LogP contribution in [0.15, 0.2) is 48.9 Å². The predicted octanol–water partition coefficient (Wildman–Crippen LogP) is 5.50. The molecule has 4 rings (SSSR count). The fraction of sp³-hybridized carbons (Fsp3) is 0.444. The smallest absolute Gasteiger partial charge is 0.419 e. The van der Waals surface area contributed by atoms with Gasteiger partial charge in [0.2, 0.25) is 0 Å². The fourth-order valence-electron chi connectivity index (χ4n) is 4.70. The van der Waals surface area contributed by atoms with E-state index in [1.165, 1.54) is 23.9 Å². The van der Waals surface area contributed by atoms with Gasteiger partial charge in [-0.2, -0.15) is 18.3 Å². The van der Waals surface area contributed by atoms with Gasteiger partial charge in [0, 0.05) is 38.1 Å². The molecule has 1 fully saturated rings. The molecule has 1 saturated carbocycles. The molecule has 0 saturated heterocycles. The number of hydrogen-bond donors (Lipinski definition) is 2. The van der Waals surface area contributed by atoms with E-state index in [-0.39, 0.29) is 6.42 Å². The number of carbonyl (C=O) groups is 1. The molecule has 0 atom stereocenters. The highest BCUT2D eigenvalue weighted by Gasteiger charge is 2.32. The van der Waals surface area contributed by atoms with Crippen molar-refractivity contribution in [3.63, 3.8) is 0 Å². The molecule has 2 aromatic heterocycles. The minimum Gasteiger partial charge on any atom is -0.481 e. The molecule has 0 aliphatic heterocycles. The summed E-state index contributed by atoms with van der Waals surface area (Å²) < 4.78 is 40.2. The lowest BCUT2D eigenvalue weighted by Gasteiger charge is -2.36. The zero-order chi connectivity index (χ0) is 26.4. The Bertz CT molecular complexity index is 1190. The molecule has 1 aliphatic carbocycles. The van der Waals surface area contributed by atoms with Crippen molar-refractivity contribution in [2.45, 2.75) is 70.8 Å². The van der Waals surface area contributed by atoms with Crippen LogP contribution in [0.25, 0.3) is 5.69 Å². The van der Waals surface area contributed by atoms with E-state index in [2.05, 4.69) is 15.3 Å². The summed E-state index contributed by atoms with van der Waals surface area (Å²) in [6, 6.07) is 10.00. The summed E-state index contributed by atoms with van der Waals surface area (Å²) in [5.74, 6) is 0.0506. The van der Waals surface area contributed by atoms with Crippen LogP contribution in [0.1, 0.15) is 60.8 Å². The summed E-state index contributed by atoms with van der Waals surface area (Å²) in [5, 5.41) is 15.8. The molecule has 0 unspecified atom stereocenters. The molecule has 10 heteroatoms. The van der Waals surface area contributed by atoms with Crippen molar-refractivity contribution in [1.29, 1.82) is 0 Å². The van der Waals surface area contributed by atoms with E-state index in [4.69, 9.17) is 10.1 Å². The van der Waals surface area contributed by atoms with Gasteiger partial charge in [-0.15, -0.1) is 0 Å². The van der Waals surface area contributed by atoms with E-state index in [1.54, 1.807) is 6.07 Å². The highest BCUT2D eigenvalue weighted by atomic mass is 19.4. The normalized spacial score (nSPS) is 14.6. The van der Waals surface area contributed by atoms with Crippen LogP contribution >= 0.6 is 0 Å². The quantitative estimate of drug-likeness (QED) is 0.347. The molecule has 0 bridgehead atoms. The zero-order valence-corrected chi connectivity index (χ0v) is 20.8. The zero-order valence-electron chi connectivity index (χ0n) is 20.8. The Morgan fingerprint density at radius 3 is 2.57 bits per heavy atom. The van der Waals surface area contributed by atoms with E-state index in [0.29, 0.717) is 31.4 Å². The number of carboxylic acid groups (broad SMARTS) is 1. The SMILES string of the molecule is Cc1cc(-n2cc(C(F)(F)F)cn2)ccc1CN(c1ccc(CNCCC(=O)O)cn1)C1CCCCC1. The molecule has 0 amide bonds. The number of pyridine rings is 1. The molecular formula is C27H32F3N5O2. The van der Waals surface area contributed by atoms with E-state index in [9.17, 15) is 18.0 Å². The van der Waals surface area contributed by atoms with Gasteiger partial charge in [0.05, 0.1) is 23.9 Å². The Morgan fingerprint density at radius 1 is 1.16 bits per heavy atom. The number of benzene rings is 1. The summed E-state index contributed by atoms with van der Waals surface area (Å²) in [5.41, 5.74) is 2.85. The van der Waals surface area contributed by atoms with Gasteiger partial charge in [-0.25, -0.2) is 9.67 Å². The third-order valence-electron chi connectivity index (χ3n) is 6.80. The predicted molar refractivity (Wildman–Crippen MR) is 135 cm³/mol. The Hall–Kier alpha value is -3.40. The number of alkyl halides is 3. The number of aliphatic carboxylic acids is 1. The topological polar surface area (TPSA) is 83.3 Å². The van der Waals surface area contributed by atoms with Crippen LogP contribution < -0.4 is 10.2 Å². The number of halogens is 3. The van der Waals surface area contributed by atoms with E-state index in [0.717, 1.165) is 47.7 Å². The molecule has 0 spiro atoms. The minimum atomic E-state index is -4.43. The molecule has 2 N–H and O–H groups in total. The van der Waals surface area contributed by atoms with Gasteiger partial charge in [0.25, 0.3) is 0 Å². The third-order valence-corrected chi connectivity index (χ3v) is 6.80. The molecule has 1 aliphatic rings. The monoisotopic (exact) mass is 515 g/mol. The number of aromatic nitrogens is 3. The van der Waals surface area contributed by atoms with Crippen molar-refractivity contribution in [2.24, 2.45) is 0 Å².